The van der Waals surface area contributed by atoms with Crippen molar-refractivity contribution < 1.29 is 24.2 Å². The number of carbonyl (C=O) groups is 3. The summed E-state index contributed by atoms with van der Waals surface area (Å²) in [4.78, 5) is 46.0. The number of nitrogens with zero attached hydrogens (tertiary/aromatic N) is 3. The molecule has 1 saturated heterocycles. The highest BCUT2D eigenvalue weighted by molar-refractivity contribution is 7.99. The molecule has 1 fully saturated rings. The van der Waals surface area contributed by atoms with Crippen LogP contribution in [0, 0.1) is 0 Å². The molecule has 214 valence electrons. The van der Waals surface area contributed by atoms with Crippen molar-refractivity contribution in [3.8, 4) is 11.5 Å². The summed E-state index contributed by atoms with van der Waals surface area (Å²) in [6, 6.07) is 28.4. The third-order valence-electron chi connectivity index (χ3n) is 6.85. The number of benzene rings is 4. The normalized spacial score (nSPS) is 15.4. The molecule has 9 nitrogen and oxygen atoms in total. The van der Waals surface area contributed by atoms with Gasteiger partial charge in [-0.25, -0.2) is 10.4 Å². The monoisotopic (exact) mass is 608 g/mol. The summed E-state index contributed by atoms with van der Waals surface area (Å²) in [5.41, 5.74) is 5.05. The zero-order valence-electron chi connectivity index (χ0n) is 22.8. The van der Waals surface area contributed by atoms with Gasteiger partial charge in [0.2, 0.25) is 11.0 Å². The van der Waals surface area contributed by atoms with Crippen LogP contribution in [0.2, 0.25) is 0 Å². The molecule has 2 aliphatic rings. The second-order valence-corrected chi connectivity index (χ2v) is 10.9. The Morgan fingerprint density at radius 1 is 0.907 bits per heavy atom. The number of rotatable bonds is 6. The Bertz CT molecular complexity index is 1770. The van der Waals surface area contributed by atoms with Crippen molar-refractivity contribution >= 4 is 70.0 Å². The molecule has 0 radical (unpaired) electrons. The van der Waals surface area contributed by atoms with Gasteiger partial charge in [0.25, 0.3) is 11.8 Å². The smallest absolute Gasteiger partial charge is 0.280 e. The number of thiocarbonyl (C=S) groups is 1. The van der Waals surface area contributed by atoms with Crippen LogP contribution in [0.4, 0.5) is 17.1 Å². The zero-order chi connectivity index (χ0) is 30.1. The highest BCUT2D eigenvalue weighted by Gasteiger charge is 2.41. The van der Waals surface area contributed by atoms with Crippen LogP contribution in [-0.2, 0) is 14.4 Å². The molecular weight excluding hydrogens is 585 g/mol. The highest BCUT2D eigenvalue weighted by Crippen LogP contribution is 2.47. The van der Waals surface area contributed by atoms with Gasteiger partial charge in [0, 0.05) is 9.79 Å². The second kappa shape index (κ2) is 11.7. The average molecular weight is 609 g/mol. The minimum absolute atomic E-state index is 0.0842. The maximum Gasteiger partial charge on any atom is 0.280 e. The summed E-state index contributed by atoms with van der Waals surface area (Å²) >= 11 is 7.21. The maximum absolute atomic E-state index is 13.8. The number of para-hydroxylation sites is 3. The number of hydrogen-bond acceptors (Lipinski definition) is 8. The van der Waals surface area contributed by atoms with Crippen molar-refractivity contribution in [2.24, 2.45) is 0 Å². The molecule has 0 aromatic heterocycles. The van der Waals surface area contributed by atoms with Crippen LogP contribution < -0.4 is 20.0 Å². The molecule has 43 heavy (non-hydrogen) atoms. The Balaban J connectivity index is 1.34. The van der Waals surface area contributed by atoms with Crippen LogP contribution in [0.1, 0.15) is 5.56 Å². The SMILES string of the molecule is COc1cc(/C=C2/C(=O)N(NCC(=O)N3c4ccccc4Sc4ccccc43)C(=S)N(c3ccccc3)C2=O)ccc1O. The molecular formula is C32H24N4O5S2. The Labute approximate surface area is 256 Å². The molecule has 4 aromatic rings. The van der Waals surface area contributed by atoms with Crippen LogP contribution in [0.5, 0.6) is 11.5 Å². The van der Waals surface area contributed by atoms with Gasteiger partial charge in [-0.3, -0.25) is 24.2 Å². The van der Waals surface area contributed by atoms with E-state index >= 15 is 0 Å². The number of phenols is 1. The Morgan fingerprint density at radius 3 is 2.19 bits per heavy atom. The largest absolute Gasteiger partial charge is 0.504 e. The van der Waals surface area contributed by atoms with Gasteiger partial charge in [-0.1, -0.05) is 60.3 Å². The van der Waals surface area contributed by atoms with E-state index in [1.165, 1.54) is 30.2 Å². The van der Waals surface area contributed by atoms with Gasteiger partial charge in [0.1, 0.15) is 5.57 Å². The van der Waals surface area contributed by atoms with Gasteiger partial charge in [-0.05, 0) is 72.4 Å². The van der Waals surface area contributed by atoms with Crippen molar-refractivity contribution in [2.75, 3.05) is 23.5 Å². The van der Waals surface area contributed by atoms with E-state index < -0.39 is 11.8 Å². The lowest BCUT2D eigenvalue weighted by molar-refractivity contribution is -0.130. The first-order valence-corrected chi connectivity index (χ1v) is 14.4. The number of carbonyl (C=O) groups excluding carboxylic acids is 3. The standard InChI is InChI=1S/C32H24N4O5S2/c1-41-26-18-20(15-16-25(26)37)17-22-30(39)34(21-9-3-2-4-10-21)32(42)36(31(22)40)33-19-29(38)35-23-11-5-7-13-27(23)43-28-14-8-6-12-24(28)35/h2-18,33,37H,19H2,1H3/b22-17+. The lowest BCUT2D eigenvalue weighted by atomic mass is 10.1. The first-order valence-electron chi connectivity index (χ1n) is 13.2. The number of nitrogens with one attached hydrogen (secondary N) is 1. The van der Waals surface area contributed by atoms with E-state index in [9.17, 15) is 19.5 Å². The van der Waals surface area contributed by atoms with E-state index in [1.54, 1.807) is 53.1 Å². The van der Waals surface area contributed by atoms with Crippen molar-refractivity contribution in [3.63, 3.8) is 0 Å². The van der Waals surface area contributed by atoms with Crippen molar-refractivity contribution in [1.82, 2.24) is 10.4 Å². The number of phenolic OH excluding ortho intramolecular Hbond substituents is 1. The lowest BCUT2D eigenvalue weighted by Crippen LogP contribution is -2.62. The number of fused-ring (bicyclic) bond motifs is 2. The van der Waals surface area contributed by atoms with Gasteiger partial charge in [0.05, 0.1) is 30.7 Å². The van der Waals surface area contributed by atoms with E-state index in [0.717, 1.165) is 26.2 Å². The molecule has 0 spiro atoms. The van der Waals surface area contributed by atoms with Crippen molar-refractivity contribution in [3.05, 3.63) is 108 Å². The van der Waals surface area contributed by atoms with Gasteiger partial charge < -0.3 is 9.84 Å². The predicted octanol–water partition coefficient (Wildman–Crippen LogP) is 5.28. The number of hydrogen-bond donors (Lipinski definition) is 2. The van der Waals surface area contributed by atoms with Crippen LogP contribution in [-0.4, -0.2) is 46.6 Å². The van der Waals surface area contributed by atoms with Crippen LogP contribution in [0.15, 0.2) is 112 Å². The number of amides is 3. The molecule has 2 heterocycles. The summed E-state index contributed by atoms with van der Waals surface area (Å²) in [7, 11) is 1.40. The molecule has 2 aliphatic heterocycles. The molecule has 3 amide bonds. The van der Waals surface area contributed by atoms with Crippen LogP contribution >= 0.6 is 24.0 Å². The molecule has 0 aliphatic carbocycles. The predicted molar refractivity (Wildman–Crippen MR) is 168 cm³/mol. The van der Waals surface area contributed by atoms with Crippen molar-refractivity contribution in [1.29, 1.82) is 0 Å². The molecule has 0 bridgehead atoms. The lowest BCUT2D eigenvalue weighted by Gasteiger charge is -2.37. The topological polar surface area (TPSA) is 102 Å². The zero-order valence-corrected chi connectivity index (χ0v) is 24.4. The van der Waals surface area contributed by atoms with E-state index in [1.807, 2.05) is 48.5 Å². The third-order valence-corrected chi connectivity index (χ3v) is 8.34. The van der Waals surface area contributed by atoms with Gasteiger partial charge in [-0.2, -0.15) is 0 Å². The maximum atomic E-state index is 13.8. The first-order chi connectivity index (χ1) is 20.9. The number of aromatic hydroxyl groups is 1. The summed E-state index contributed by atoms with van der Waals surface area (Å²) < 4.78 is 5.18. The minimum atomic E-state index is -0.725. The molecule has 2 N–H and O–H groups in total. The molecule has 0 atom stereocenters. The Kier molecular flexibility index (Phi) is 7.68. The summed E-state index contributed by atoms with van der Waals surface area (Å²) in [6.45, 7) is -0.295. The molecule has 0 saturated carbocycles. The Morgan fingerprint density at radius 2 is 1.53 bits per heavy atom. The number of anilines is 3. The van der Waals surface area contributed by atoms with Crippen LogP contribution in [0.25, 0.3) is 6.08 Å². The molecule has 0 unspecified atom stereocenters. The van der Waals surface area contributed by atoms with Gasteiger partial charge in [0.15, 0.2) is 11.5 Å². The fourth-order valence-electron chi connectivity index (χ4n) is 4.82. The fraction of sp³-hybridized carbons (Fsp3) is 0.0625. The van der Waals surface area contributed by atoms with Crippen LogP contribution in [0.3, 0.4) is 0 Å². The second-order valence-electron chi connectivity index (χ2n) is 9.49. The number of ether oxygens (including phenoxy) is 1. The molecule has 6 rings (SSSR count). The van der Waals surface area contributed by atoms with Crippen molar-refractivity contribution in [2.45, 2.75) is 9.79 Å². The Hall–Kier alpha value is -4.97. The van der Waals surface area contributed by atoms with Gasteiger partial charge >= 0.3 is 0 Å². The van der Waals surface area contributed by atoms with E-state index in [0.29, 0.717) is 11.3 Å². The number of hydrazine groups is 1. The van der Waals surface area contributed by atoms with E-state index in [2.05, 4.69) is 5.43 Å². The van der Waals surface area contributed by atoms with E-state index in [4.69, 9.17) is 17.0 Å². The van der Waals surface area contributed by atoms with Gasteiger partial charge in [-0.15, -0.1) is 0 Å². The average Bonchev–Trinajstić information content (AvgIpc) is 3.03. The fourth-order valence-corrected chi connectivity index (χ4v) is 6.22. The summed E-state index contributed by atoms with van der Waals surface area (Å²) in [6.07, 6.45) is 1.40. The highest BCUT2D eigenvalue weighted by atomic mass is 32.2. The molecule has 11 heteroatoms. The first kappa shape index (κ1) is 28.2. The van der Waals surface area contributed by atoms with E-state index in [-0.39, 0.29) is 34.6 Å². The molecule has 4 aromatic carbocycles. The summed E-state index contributed by atoms with van der Waals surface area (Å²) in [5, 5.41) is 10.9. The minimum Gasteiger partial charge on any atom is -0.504 e. The third kappa shape index (κ3) is 5.25. The summed E-state index contributed by atoms with van der Waals surface area (Å²) in [5.74, 6) is -1.58. The number of methoxy groups -OCH3 is 1. The quantitative estimate of drug-likeness (QED) is 0.173.